The van der Waals surface area contributed by atoms with Gasteiger partial charge in [0, 0.05) is 24.6 Å². The average molecular weight is 305 g/mol. The lowest BCUT2D eigenvalue weighted by Crippen LogP contribution is -2.44. The molecule has 0 spiro atoms. The summed E-state index contributed by atoms with van der Waals surface area (Å²) in [5, 5.41) is 12.0. The second kappa shape index (κ2) is 6.57. The molecule has 2 amide bonds. The van der Waals surface area contributed by atoms with Gasteiger partial charge < -0.3 is 21.1 Å². The maximum atomic E-state index is 12.3. The predicted molar refractivity (Wildman–Crippen MR) is 79.2 cm³/mol. The van der Waals surface area contributed by atoms with E-state index in [1.54, 1.807) is 12.1 Å². The van der Waals surface area contributed by atoms with Gasteiger partial charge in [0.1, 0.15) is 6.04 Å². The fourth-order valence-corrected chi connectivity index (χ4v) is 2.66. The van der Waals surface area contributed by atoms with Crippen LogP contribution in [-0.4, -0.2) is 53.0 Å². The number of amides is 2. The zero-order valence-electron chi connectivity index (χ0n) is 12.3. The van der Waals surface area contributed by atoms with E-state index in [4.69, 9.17) is 5.73 Å². The smallest absolute Gasteiger partial charge is 0.326 e. The van der Waals surface area contributed by atoms with Crippen LogP contribution in [0.4, 0.5) is 0 Å². The van der Waals surface area contributed by atoms with Crippen molar-refractivity contribution in [1.82, 2.24) is 10.2 Å². The number of likely N-dealkylation sites (tertiary alicyclic amines) is 1. The zero-order valence-corrected chi connectivity index (χ0v) is 12.3. The molecular weight excluding hydrogens is 286 g/mol. The summed E-state index contributed by atoms with van der Waals surface area (Å²) in [6, 6.07) is 5.79. The van der Waals surface area contributed by atoms with E-state index in [0.29, 0.717) is 5.56 Å². The van der Waals surface area contributed by atoms with Gasteiger partial charge in [0.25, 0.3) is 5.91 Å². The molecular formula is C15H19N3O4. The predicted octanol–water partition coefficient (Wildman–Crippen LogP) is -0.262. The molecule has 0 radical (unpaired) electrons. The summed E-state index contributed by atoms with van der Waals surface area (Å²) in [5.41, 5.74) is 6.68. The Balaban J connectivity index is 2.08. The van der Waals surface area contributed by atoms with Crippen LogP contribution in [0.3, 0.4) is 0 Å². The van der Waals surface area contributed by atoms with E-state index in [2.05, 4.69) is 5.32 Å². The number of carbonyl (C=O) groups is 3. The first-order valence-corrected chi connectivity index (χ1v) is 7.03. The lowest BCUT2D eigenvalue weighted by atomic mass is 10.1. The number of carboxylic acids is 1. The van der Waals surface area contributed by atoms with E-state index in [1.807, 2.05) is 19.1 Å². The van der Waals surface area contributed by atoms with Crippen LogP contribution in [-0.2, 0) is 9.59 Å². The molecule has 1 heterocycles. The van der Waals surface area contributed by atoms with Crippen molar-refractivity contribution in [2.24, 2.45) is 5.73 Å². The SMILES string of the molecule is Cc1ccccc1C(=O)NC1CC(C(=O)O)N(C(=O)CN)C1. The Morgan fingerprint density at radius 3 is 2.64 bits per heavy atom. The lowest BCUT2D eigenvalue weighted by molar-refractivity contribution is -0.147. The van der Waals surface area contributed by atoms with Crippen LogP contribution < -0.4 is 11.1 Å². The minimum Gasteiger partial charge on any atom is -0.480 e. The number of nitrogens with two attached hydrogens (primary N) is 1. The van der Waals surface area contributed by atoms with Gasteiger partial charge in [-0.25, -0.2) is 4.79 Å². The molecule has 7 nitrogen and oxygen atoms in total. The highest BCUT2D eigenvalue weighted by molar-refractivity contribution is 5.96. The third-order valence-corrected chi connectivity index (χ3v) is 3.81. The van der Waals surface area contributed by atoms with Crippen molar-refractivity contribution in [2.75, 3.05) is 13.1 Å². The summed E-state index contributed by atoms with van der Waals surface area (Å²) < 4.78 is 0. The Hall–Kier alpha value is -2.41. The molecule has 22 heavy (non-hydrogen) atoms. The van der Waals surface area contributed by atoms with Crippen LogP contribution in [0.15, 0.2) is 24.3 Å². The molecule has 1 aromatic carbocycles. The quantitative estimate of drug-likeness (QED) is 0.709. The first kappa shape index (κ1) is 16.0. The van der Waals surface area contributed by atoms with E-state index in [9.17, 15) is 19.5 Å². The van der Waals surface area contributed by atoms with E-state index < -0.39 is 24.0 Å². The molecule has 1 aliphatic heterocycles. The molecule has 0 aromatic heterocycles. The second-order valence-corrected chi connectivity index (χ2v) is 5.33. The number of carboxylic acid groups (broad SMARTS) is 1. The first-order chi connectivity index (χ1) is 10.4. The number of benzene rings is 1. The van der Waals surface area contributed by atoms with Crippen LogP contribution in [0.25, 0.3) is 0 Å². The number of carbonyl (C=O) groups excluding carboxylic acids is 2. The van der Waals surface area contributed by atoms with Crippen molar-refractivity contribution in [3.63, 3.8) is 0 Å². The molecule has 7 heteroatoms. The van der Waals surface area contributed by atoms with Gasteiger partial charge in [0.15, 0.2) is 0 Å². The number of hydrogen-bond acceptors (Lipinski definition) is 4. The number of aryl methyl sites for hydroxylation is 1. The minimum atomic E-state index is -1.09. The largest absolute Gasteiger partial charge is 0.480 e. The van der Waals surface area contributed by atoms with Gasteiger partial charge in [0.2, 0.25) is 5.91 Å². The monoisotopic (exact) mass is 305 g/mol. The summed E-state index contributed by atoms with van der Waals surface area (Å²) in [5.74, 6) is -1.79. The fraction of sp³-hybridized carbons (Fsp3) is 0.400. The standard InChI is InChI=1S/C15H19N3O4/c1-9-4-2-3-5-11(9)14(20)17-10-6-12(15(21)22)18(8-10)13(19)7-16/h2-5,10,12H,6-8,16H2,1H3,(H,17,20)(H,21,22). The van der Waals surface area contributed by atoms with Gasteiger partial charge in [-0.2, -0.15) is 0 Å². The third kappa shape index (κ3) is 3.25. The summed E-state index contributed by atoms with van der Waals surface area (Å²) in [6.07, 6.45) is 0.179. The Morgan fingerprint density at radius 2 is 2.05 bits per heavy atom. The molecule has 118 valence electrons. The topological polar surface area (TPSA) is 113 Å². The highest BCUT2D eigenvalue weighted by Crippen LogP contribution is 2.19. The van der Waals surface area contributed by atoms with Gasteiger partial charge in [-0.15, -0.1) is 0 Å². The molecule has 2 rings (SSSR count). The zero-order chi connectivity index (χ0) is 16.3. The Kier molecular flexibility index (Phi) is 4.77. The Morgan fingerprint density at radius 1 is 1.36 bits per heavy atom. The van der Waals surface area contributed by atoms with Crippen LogP contribution in [0.1, 0.15) is 22.3 Å². The first-order valence-electron chi connectivity index (χ1n) is 7.03. The van der Waals surface area contributed by atoms with E-state index in [0.717, 1.165) is 5.56 Å². The molecule has 4 N–H and O–H groups in total. The Labute approximate surface area is 128 Å². The van der Waals surface area contributed by atoms with Crippen LogP contribution >= 0.6 is 0 Å². The van der Waals surface area contributed by atoms with Crippen molar-refractivity contribution in [1.29, 1.82) is 0 Å². The van der Waals surface area contributed by atoms with Gasteiger partial charge in [-0.3, -0.25) is 9.59 Å². The van der Waals surface area contributed by atoms with Crippen LogP contribution in [0, 0.1) is 6.92 Å². The third-order valence-electron chi connectivity index (χ3n) is 3.81. The normalized spacial score (nSPS) is 20.7. The molecule has 1 saturated heterocycles. The van der Waals surface area contributed by atoms with Crippen molar-refractivity contribution in [3.8, 4) is 0 Å². The molecule has 2 unspecified atom stereocenters. The number of aliphatic carboxylic acids is 1. The molecule has 0 bridgehead atoms. The number of nitrogens with zero attached hydrogens (tertiary/aromatic N) is 1. The Bertz CT molecular complexity index is 602. The van der Waals surface area contributed by atoms with Crippen molar-refractivity contribution < 1.29 is 19.5 Å². The van der Waals surface area contributed by atoms with E-state index in [1.165, 1.54) is 4.90 Å². The van der Waals surface area contributed by atoms with E-state index in [-0.39, 0.29) is 25.4 Å². The van der Waals surface area contributed by atoms with Crippen LogP contribution in [0.2, 0.25) is 0 Å². The van der Waals surface area contributed by atoms with Gasteiger partial charge in [0.05, 0.1) is 6.54 Å². The number of nitrogens with one attached hydrogen (secondary N) is 1. The summed E-state index contributed by atoms with van der Waals surface area (Å²) >= 11 is 0. The van der Waals surface area contributed by atoms with Gasteiger partial charge in [-0.1, -0.05) is 18.2 Å². The molecule has 2 atom stereocenters. The summed E-state index contributed by atoms with van der Waals surface area (Å²) in [6.45, 7) is 1.74. The highest BCUT2D eigenvalue weighted by atomic mass is 16.4. The van der Waals surface area contributed by atoms with Gasteiger partial charge in [-0.05, 0) is 18.6 Å². The van der Waals surface area contributed by atoms with Crippen molar-refractivity contribution in [2.45, 2.75) is 25.4 Å². The van der Waals surface area contributed by atoms with Crippen molar-refractivity contribution >= 4 is 17.8 Å². The maximum Gasteiger partial charge on any atom is 0.326 e. The van der Waals surface area contributed by atoms with Gasteiger partial charge >= 0.3 is 5.97 Å². The molecule has 1 aromatic rings. The molecule has 1 aliphatic rings. The highest BCUT2D eigenvalue weighted by Gasteiger charge is 2.39. The number of hydrogen-bond donors (Lipinski definition) is 3. The molecule has 0 aliphatic carbocycles. The van der Waals surface area contributed by atoms with E-state index >= 15 is 0 Å². The second-order valence-electron chi connectivity index (χ2n) is 5.33. The summed E-state index contributed by atoms with van der Waals surface area (Å²) in [7, 11) is 0. The van der Waals surface area contributed by atoms with Crippen LogP contribution in [0.5, 0.6) is 0 Å². The average Bonchev–Trinajstić information content (AvgIpc) is 2.91. The number of rotatable bonds is 4. The minimum absolute atomic E-state index is 0.157. The molecule has 1 fully saturated rings. The summed E-state index contributed by atoms with van der Waals surface area (Å²) in [4.78, 5) is 36.4. The molecule has 0 saturated carbocycles. The maximum absolute atomic E-state index is 12.3. The van der Waals surface area contributed by atoms with Crippen molar-refractivity contribution in [3.05, 3.63) is 35.4 Å². The lowest BCUT2D eigenvalue weighted by Gasteiger charge is -2.20. The fourth-order valence-electron chi connectivity index (χ4n) is 2.66.